The number of aliphatic hydroxyl groups excluding tert-OH is 1. The maximum Gasteiger partial charge on any atom is 0.342 e. The molecule has 5 rings (SSSR count). The van der Waals surface area contributed by atoms with E-state index in [1.54, 1.807) is 43.3 Å². The summed E-state index contributed by atoms with van der Waals surface area (Å²) in [7, 11) is 0. The quantitative estimate of drug-likeness (QED) is 0.499. The van der Waals surface area contributed by atoms with E-state index < -0.39 is 12.2 Å². The van der Waals surface area contributed by atoms with Gasteiger partial charge in [-0.2, -0.15) is 0 Å². The number of benzene rings is 3. The van der Waals surface area contributed by atoms with Gasteiger partial charge in [0.05, 0.1) is 17.9 Å². The minimum Gasteiger partial charge on any atom is -0.456 e. The molecule has 6 nitrogen and oxygen atoms in total. The number of rotatable bonds is 2. The molecule has 0 fully saturated rings. The van der Waals surface area contributed by atoms with Crippen molar-refractivity contribution in [3.05, 3.63) is 76.9 Å². The normalized spacial score (nSPS) is 16.0. The molecule has 2 heterocycles. The van der Waals surface area contributed by atoms with Crippen LogP contribution in [0.2, 0.25) is 0 Å². The summed E-state index contributed by atoms with van der Waals surface area (Å²) >= 11 is 0. The van der Waals surface area contributed by atoms with E-state index in [1.807, 2.05) is 25.1 Å². The zero-order valence-electron chi connectivity index (χ0n) is 16.5. The van der Waals surface area contributed by atoms with Crippen molar-refractivity contribution in [3.8, 4) is 0 Å². The number of ether oxygens (including phenoxy) is 1. The Bertz CT molecular complexity index is 1320. The number of esters is 1. The number of hydrogen-bond acceptors (Lipinski definition) is 5. The van der Waals surface area contributed by atoms with Gasteiger partial charge in [-0.25, -0.2) is 4.79 Å². The fourth-order valence-corrected chi connectivity index (χ4v) is 3.90. The van der Waals surface area contributed by atoms with E-state index in [0.717, 1.165) is 21.9 Å². The molecule has 4 aromatic rings. The molecular formula is C24H19NO5. The average Bonchev–Trinajstić information content (AvgIpc) is 3.09. The van der Waals surface area contributed by atoms with E-state index in [9.17, 15) is 14.7 Å². The molecule has 0 bridgehead atoms. The van der Waals surface area contributed by atoms with E-state index in [2.05, 4.69) is 0 Å². The SMILES string of the molecule is Cc1ccc(C(=O)N2c3cc4c(cc3C(=O)OC2C)oc2ccc(CO)cc24)cc1. The number of carbonyl (C=O) groups excluding carboxylic acids is 2. The topological polar surface area (TPSA) is 80.0 Å². The third-order valence-electron chi connectivity index (χ3n) is 5.47. The first kappa shape index (κ1) is 18.4. The average molecular weight is 401 g/mol. The summed E-state index contributed by atoms with van der Waals surface area (Å²) in [4.78, 5) is 27.4. The minimum atomic E-state index is -0.748. The number of carbonyl (C=O) groups is 2. The van der Waals surface area contributed by atoms with Gasteiger partial charge in [-0.3, -0.25) is 9.69 Å². The Kier molecular flexibility index (Phi) is 4.11. The molecule has 0 saturated carbocycles. The highest BCUT2D eigenvalue weighted by Gasteiger charge is 2.35. The minimum absolute atomic E-state index is 0.0883. The Morgan fingerprint density at radius 2 is 1.77 bits per heavy atom. The molecule has 1 atom stereocenters. The van der Waals surface area contributed by atoms with Crippen LogP contribution < -0.4 is 4.90 Å². The lowest BCUT2D eigenvalue weighted by Crippen LogP contribution is -2.45. The number of cyclic esters (lactones) is 1. The van der Waals surface area contributed by atoms with Crippen molar-refractivity contribution in [3.63, 3.8) is 0 Å². The second-order valence-electron chi connectivity index (χ2n) is 7.50. The van der Waals surface area contributed by atoms with Crippen LogP contribution in [0, 0.1) is 6.92 Å². The molecule has 1 amide bonds. The van der Waals surface area contributed by atoms with Gasteiger partial charge in [-0.15, -0.1) is 0 Å². The van der Waals surface area contributed by atoms with Crippen LogP contribution in [0.25, 0.3) is 21.9 Å². The highest BCUT2D eigenvalue weighted by atomic mass is 16.6. The number of aryl methyl sites for hydroxylation is 1. The van der Waals surface area contributed by atoms with Crippen molar-refractivity contribution in [1.82, 2.24) is 0 Å². The van der Waals surface area contributed by atoms with Crippen LogP contribution in [-0.4, -0.2) is 23.2 Å². The largest absolute Gasteiger partial charge is 0.456 e. The Balaban J connectivity index is 1.72. The van der Waals surface area contributed by atoms with Gasteiger partial charge in [0.15, 0.2) is 6.23 Å². The van der Waals surface area contributed by atoms with Gasteiger partial charge in [0, 0.05) is 16.3 Å². The summed E-state index contributed by atoms with van der Waals surface area (Å²) < 4.78 is 11.3. The molecule has 150 valence electrons. The van der Waals surface area contributed by atoms with Crippen LogP contribution in [0.1, 0.15) is 38.8 Å². The van der Waals surface area contributed by atoms with Crippen LogP contribution in [-0.2, 0) is 11.3 Å². The summed E-state index contributed by atoms with van der Waals surface area (Å²) in [5, 5.41) is 11.1. The first-order chi connectivity index (χ1) is 14.5. The lowest BCUT2D eigenvalue weighted by atomic mass is 10.0. The Morgan fingerprint density at radius 1 is 1.03 bits per heavy atom. The maximum atomic E-state index is 13.3. The van der Waals surface area contributed by atoms with Crippen molar-refractivity contribution in [2.45, 2.75) is 26.7 Å². The first-order valence-electron chi connectivity index (χ1n) is 9.67. The van der Waals surface area contributed by atoms with Crippen molar-refractivity contribution >= 4 is 39.5 Å². The highest BCUT2D eigenvalue weighted by molar-refractivity contribution is 6.16. The molecule has 0 spiro atoms. The third-order valence-corrected chi connectivity index (χ3v) is 5.47. The molecule has 1 N–H and O–H groups in total. The van der Waals surface area contributed by atoms with E-state index in [4.69, 9.17) is 9.15 Å². The number of amides is 1. The third kappa shape index (κ3) is 2.76. The van der Waals surface area contributed by atoms with Gasteiger partial charge in [0.25, 0.3) is 5.91 Å². The van der Waals surface area contributed by atoms with Crippen LogP contribution in [0.15, 0.2) is 59.0 Å². The van der Waals surface area contributed by atoms with E-state index in [-0.39, 0.29) is 18.1 Å². The second kappa shape index (κ2) is 6.71. The van der Waals surface area contributed by atoms with Crippen LogP contribution in [0.3, 0.4) is 0 Å². The van der Waals surface area contributed by atoms with Gasteiger partial charge in [0.1, 0.15) is 11.2 Å². The van der Waals surface area contributed by atoms with E-state index >= 15 is 0 Å². The second-order valence-corrected chi connectivity index (χ2v) is 7.50. The zero-order valence-corrected chi connectivity index (χ0v) is 16.5. The summed E-state index contributed by atoms with van der Waals surface area (Å²) in [6.45, 7) is 3.54. The standard InChI is InChI=1S/C24H19NO5/c1-13-3-6-16(7-4-13)23(27)25-14(2)29-24(28)19-11-22-18(10-20(19)25)17-9-15(12-26)5-8-21(17)30-22/h3-11,14,26H,12H2,1-2H3. The van der Waals surface area contributed by atoms with Crippen molar-refractivity contribution in [2.24, 2.45) is 0 Å². The lowest BCUT2D eigenvalue weighted by molar-refractivity contribution is 0.0296. The van der Waals surface area contributed by atoms with Crippen molar-refractivity contribution in [1.29, 1.82) is 0 Å². The number of aliphatic hydroxyl groups is 1. The highest BCUT2D eigenvalue weighted by Crippen LogP contribution is 2.38. The molecule has 3 aromatic carbocycles. The number of anilines is 1. The van der Waals surface area contributed by atoms with Crippen LogP contribution >= 0.6 is 0 Å². The molecule has 6 heteroatoms. The monoisotopic (exact) mass is 401 g/mol. The molecule has 0 saturated heterocycles. The fraction of sp³-hybridized carbons (Fsp3) is 0.167. The van der Waals surface area contributed by atoms with Gasteiger partial charge < -0.3 is 14.3 Å². The van der Waals surface area contributed by atoms with Crippen LogP contribution in [0.5, 0.6) is 0 Å². The molecular weight excluding hydrogens is 382 g/mol. The van der Waals surface area contributed by atoms with E-state index in [0.29, 0.717) is 22.4 Å². The first-order valence-corrected chi connectivity index (χ1v) is 9.67. The predicted molar refractivity (Wildman–Crippen MR) is 113 cm³/mol. The number of hydrogen-bond donors (Lipinski definition) is 1. The van der Waals surface area contributed by atoms with Crippen molar-refractivity contribution in [2.75, 3.05) is 4.90 Å². The lowest BCUT2D eigenvalue weighted by Gasteiger charge is -2.34. The number of fused-ring (bicyclic) bond motifs is 4. The summed E-state index contributed by atoms with van der Waals surface area (Å²) in [5.74, 6) is -0.747. The maximum absolute atomic E-state index is 13.3. The molecule has 0 radical (unpaired) electrons. The smallest absolute Gasteiger partial charge is 0.342 e. The predicted octanol–water partition coefficient (Wildman–Crippen LogP) is 4.55. The zero-order chi connectivity index (χ0) is 21.0. The van der Waals surface area contributed by atoms with Gasteiger partial charge >= 0.3 is 5.97 Å². The van der Waals surface area contributed by atoms with E-state index in [1.165, 1.54) is 4.90 Å². The Hall–Kier alpha value is -3.64. The summed E-state index contributed by atoms with van der Waals surface area (Å²) in [6.07, 6.45) is -0.748. The van der Waals surface area contributed by atoms with Crippen LogP contribution in [0.4, 0.5) is 5.69 Å². The van der Waals surface area contributed by atoms with Gasteiger partial charge in [0.2, 0.25) is 0 Å². The fourth-order valence-electron chi connectivity index (χ4n) is 3.90. The Morgan fingerprint density at radius 3 is 2.50 bits per heavy atom. The molecule has 1 aliphatic heterocycles. The van der Waals surface area contributed by atoms with Gasteiger partial charge in [-0.05, 0) is 55.8 Å². The molecule has 30 heavy (non-hydrogen) atoms. The van der Waals surface area contributed by atoms with Crippen molar-refractivity contribution < 1.29 is 23.8 Å². The summed E-state index contributed by atoms with van der Waals surface area (Å²) in [6, 6.07) is 16.1. The Labute approximate surface area is 172 Å². The molecule has 1 aromatic heterocycles. The molecule has 1 unspecified atom stereocenters. The molecule has 0 aliphatic carbocycles. The number of nitrogens with zero attached hydrogens (tertiary/aromatic N) is 1. The summed E-state index contributed by atoms with van der Waals surface area (Å²) in [5.41, 5.74) is 4.24. The molecule has 1 aliphatic rings. The van der Waals surface area contributed by atoms with Gasteiger partial charge in [-0.1, -0.05) is 23.8 Å². The number of furan rings is 1.